The van der Waals surface area contributed by atoms with Gasteiger partial charge >= 0.3 is 0 Å². The van der Waals surface area contributed by atoms with Crippen molar-refractivity contribution in [2.24, 2.45) is 0 Å². The van der Waals surface area contributed by atoms with E-state index in [1.165, 1.54) is 25.2 Å². The van der Waals surface area contributed by atoms with Crippen molar-refractivity contribution < 1.29 is 14.8 Å². The maximum atomic E-state index is 11.7. The molecule has 7 nitrogen and oxygen atoms in total. The Labute approximate surface area is 110 Å². The van der Waals surface area contributed by atoms with Crippen molar-refractivity contribution in [3.8, 4) is 0 Å². The van der Waals surface area contributed by atoms with Crippen molar-refractivity contribution in [1.29, 1.82) is 0 Å². The van der Waals surface area contributed by atoms with Crippen molar-refractivity contribution in [3.05, 3.63) is 33.9 Å². The van der Waals surface area contributed by atoms with Gasteiger partial charge in [0, 0.05) is 30.9 Å². The SMILES string of the molecule is CC[C@H](CO)Nc1ccc([N+](=O)[O-])cc1C(=O)NC. The molecule has 0 saturated heterocycles. The number of non-ortho nitro benzene ring substituents is 1. The first-order valence-electron chi connectivity index (χ1n) is 5.91. The van der Waals surface area contributed by atoms with Gasteiger partial charge in [0.15, 0.2) is 0 Å². The lowest BCUT2D eigenvalue weighted by molar-refractivity contribution is -0.384. The molecule has 1 amide bonds. The lowest BCUT2D eigenvalue weighted by atomic mass is 10.1. The van der Waals surface area contributed by atoms with Crippen LogP contribution in [0.5, 0.6) is 0 Å². The first-order valence-corrected chi connectivity index (χ1v) is 5.91. The fourth-order valence-electron chi connectivity index (χ4n) is 1.59. The average Bonchev–Trinajstić information content (AvgIpc) is 2.43. The summed E-state index contributed by atoms with van der Waals surface area (Å²) in [6, 6.07) is 3.80. The Balaban J connectivity index is 3.15. The maximum Gasteiger partial charge on any atom is 0.270 e. The molecule has 0 aliphatic rings. The van der Waals surface area contributed by atoms with Crippen LogP contribution in [0.1, 0.15) is 23.7 Å². The molecule has 0 bridgehead atoms. The number of nitro benzene ring substituents is 1. The van der Waals surface area contributed by atoms with E-state index < -0.39 is 10.8 Å². The van der Waals surface area contributed by atoms with E-state index in [1.807, 2.05) is 6.92 Å². The smallest absolute Gasteiger partial charge is 0.270 e. The molecule has 0 aliphatic carbocycles. The van der Waals surface area contributed by atoms with Crippen LogP contribution in [0.4, 0.5) is 11.4 Å². The van der Waals surface area contributed by atoms with Gasteiger partial charge in [0.2, 0.25) is 0 Å². The number of aliphatic hydroxyl groups is 1. The Morgan fingerprint density at radius 1 is 1.53 bits per heavy atom. The molecule has 0 fully saturated rings. The van der Waals surface area contributed by atoms with E-state index >= 15 is 0 Å². The van der Waals surface area contributed by atoms with Crippen molar-refractivity contribution in [2.45, 2.75) is 19.4 Å². The first kappa shape index (κ1) is 14.9. The van der Waals surface area contributed by atoms with Gasteiger partial charge in [-0.15, -0.1) is 0 Å². The van der Waals surface area contributed by atoms with Crippen molar-refractivity contribution in [3.63, 3.8) is 0 Å². The van der Waals surface area contributed by atoms with Crippen LogP contribution < -0.4 is 10.6 Å². The topological polar surface area (TPSA) is 104 Å². The van der Waals surface area contributed by atoms with E-state index in [0.29, 0.717) is 12.1 Å². The average molecular weight is 267 g/mol. The fraction of sp³-hybridized carbons (Fsp3) is 0.417. The molecule has 0 aliphatic heterocycles. The van der Waals surface area contributed by atoms with Gasteiger partial charge in [-0.3, -0.25) is 14.9 Å². The van der Waals surface area contributed by atoms with Gasteiger partial charge in [-0.05, 0) is 12.5 Å². The summed E-state index contributed by atoms with van der Waals surface area (Å²) in [7, 11) is 1.45. The third-order valence-electron chi connectivity index (χ3n) is 2.76. The minimum Gasteiger partial charge on any atom is -0.394 e. The molecule has 0 unspecified atom stereocenters. The van der Waals surface area contributed by atoms with Gasteiger partial charge in [-0.2, -0.15) is 0 Å². The lowest BCUT2D eigenvalue weighted by Gasteiger charge is -2.17. The number of nitrogens with one attached hydrogen (secondary N) is 2. The highest BCUT2D eigenvalue weighted by Crippen LogP contribution is 2.23. The highest BCUT2D eigenvalue weighted by Gasteiger charge is 2.17. The summed E-state index contributed by atoms with van der Waals surface area (Å²) in [5, 5.41) is 25.3. The molecule has 3 N–H and O–H groups in total. The van der Waals surface area contributed by atoms with E-state index in [2.05, 4.69) is 10.6 Å². The molecule has 1 aromatic rings. The number of nitro groups is 1. The number of benzene rings is 1. The molecule has 0 heterocycles. The van der Waals surface area contributed by atoms with Gasteiger partial charge in [0.05, 0.1) is 17.1 Å². The van der Waals surface area contributed by atoms with E-state index in [0.717, 1.165) is 0 Å². The third-order valence-corrected chi connectivity index (χ3v) is 2.76. The minimum atomic E-state index is -0.556. The summed E-state index contributed by atoms with van der Waals surface area (Å²) in [5.74, 6) is -0.418. The van der Waals surface area contributed by atoms with Crippen LogP contribution in [0.15, 0.2) is 18.2 Å². The van der Waals surface area contributed by atoms with Crippen LogP contribution >= 0.6 is 0 Å². The standard InChI is InChI=1S/C12H17N3O4/c1-3-8(7-16)14-11-5-4-9(15(18)19)6-10(11)12(17)13-2/h4-6,8,14,16H,3,7H2,1-2H3,(H,13,17)/t8-/m1/s1. The van der Waals surface area contributed by atoms with Gasteiger partial charge in [0.25, 0.3) is 11.6 Å². The summed E-state index contributed by atoms with van der Waals surface area (Å²) in [5.41, 5.74) is 0.496. The Kier molecular flexibility index (Phi) is 5.25. The minimum absolute atomic E-state index is 0.0827. The highest BCUT2D eigenvalue weighted by molar-refractivity contribution is 6.00. The number of amides is 1. The molecule has 1 atom stereocenters. The second-order valence-corrected chi connectivity index (χ2v) is 4.00. The zero-order valence-electron chi connectivity index (χ0n) is 10.8. The summed E-state index contributed by atoms with van der Waals surface area (Å²) in [6.07, 6.45) is 0.667. The van der Waals surface area contributed by atoms with E-state index in [4.69, 9.17) is 5.11 Å². The summed E-state index contributed by atoms with van der Waals surface area (Å²) in [6.45, 7) is 1.81. The molecule has 0 spiro atoms. The predicted octanol–water partition coefficient (Wildman–Crippen LogP) is 1.14. The largest absolute Gasteiger partial charge is 0.394 e. The molecule has 0 aromatic heterocycles. The number of nitrogens with zero attached hydrogens (tertiary/aromatic N) is 1. The second-order valence-electron chi connectivity index (χ2n) is 4.00. The van der Waals surface area contributed by atoms with E-state index in [9.17, 15) is 14.9 Å². The summed E-state index contributed by atoms with van der Waals surface area (Å²) >= 11 is 0. The molecular formula is C12H17N3O4. The molecule has 0 radical (unpaired) electrons. The van der Waals surface area contributed by atoms with Crippen LogP contribution in [0, 0.1) is 10.1 Å². The third kappa shape index (κ3) is 3.65. The number of anilines is 1. The Hall–Kier alpha value is -2.15. The van der Waals surface area contributed by atoms with Gasteiger partial charge in [-0.25, -0.2) is 0 Å². The maximum absolute atomic E-state index is 11.7. The van der Waals surface area contributed by atoms with Crippen molar-refractivity contribution in [1.82, 2.24) is 5.32 Å². The van der Waals surface area contributed by atoms with E-state index in [-0.39, 0.29) is 23.9 Å². The van der Waals surface area contributed by atoms with Crippen LogP contribution in [0.3, 0.4) is 0 Å². The number of rotatable bonds is 6. The van der Waals surface area contributed by atoms with Crippen LogP contribution in [-0.2, 0) is 0 Å². The van der Waals surface area contributed by atoms with Crippen LogP contribution in [0.25, 0.3) is 0 Å². The number of carbonyl (C=O) groups is 1. The normalized spacial score (nSPS) is 11.7. The fourth-order valence-corrected chi connectivity index (χ4v) is 1.59. The van der Waals surface area contributed by atoms with Gasteiger partial charge < -0.3 is 15.7 Å². The predicted molar refractivity (Wildman–Crippen MR) is 71.3 cm³/mol. The van der Waals surface area contributed by atoms with Crippen LogP contribution in [-0.4, -0.2) is 35.6 Å². The number of hydrogen-bond donors (Lipinski definition) is 3. The zero-order valence-corrected chi connectivity index (χ0v) is 10.8. The second kappa shape index (κ2) is 6.69. The monoisotopic (exact) mass is 267 g/mol. The highest BCUT2D eigenvalue weighted by atomic mass is 16.6. The Morgan fingerprint density at radius 2 is 2.21 bits per heavy atom. The Bertz CT molecular complexity index is 472. The zero-order chi connectivity index (χ0) is 14.4. The molecule has 1 aromatic carbocycles. The van der Waals surface area contributed by atoms with Crippen molar-refractivity contribution >= 4 is 17.3 Å². The quantitative estimate of drug-likeness (QED) is 0.529. The number of aliphatic hydroxyl groups excluding tert-OH is 1. The number of hydrogen-bond acceptors (Lipinski definition) is 5. The first-order chi connectivity index (χ1) is 9.03. The molecule has 0 saturated carbocycles. The Morgan fingerprint density at radius 3 is 2.68 bits per heavy atom. The summed E-state index contributed by atoms with van der Waals surface area (Å²) in [4.78, 5) is 21.9. The molecule has 1 rings (SSSR count). The van der Waals surface area contributed by atoms with Crippen molar-refractivity contribution in [2.75, 3.05) is 19.0 Å². The molecule has 7 heteroatoms. The van der Waals surface area contributed by atoms with Crippen LogP contribution in [0.2, 0.25) is 0 Å². The van der Waals surface area contributed by atoms with E-state index in [1.54, 1.807) is 0 Å². The van der Waals surface area contributed by atoms with Gasteiger partial charge in [0.1, 0.15) is 0 Å². The molecule has 104 valence electrons. The molecular weight excluding hydrogens is 250 g/mol. The summed E-state index contributed by atoms with van der Waals surface area (Å²) < 4.78 is 0. The lowest BCUT2D eigenvalue weighted by Crippen LogP contribution is -2.26. The van der Waals surface area contributed by atoms with Gasteiger partial charge in [-0.1, -0.05) is 6.92 Å². The molecule has 19 heavy (non-hydrogen) atoms. The number of carbonyl (C=O) groups excluding carboxylic acids is 1.